The molecule has 39 heavy (non-hydrogen) atoms. The number of fused-ring (bicyclic) bond motifs is 1. The van der Waals surface area contributed by atoms with Gasteiger partial charge in [-0.1, -0.05) is 12.1 Å². The second kappa shape index (κ2) is 10.7. The third kappa shape index (κ3) is 5.00. The van der Waals surface area contributed by atoms with Crippen LogP contribution in [0.4, 0.5) is 10.1 Å². The molecule has 5 aromatic rings. The van der Waals surface area contributed by atoms with Crippen LogP contribution in [0, 0.1) is 5.82 Å². The quantitative estimate of drug-likeness (QED) is 0.325. The first-order valence-electron chi connectivity index (χ1n) is 12.9. The Hall–Kier alpha value is -4.51. The first kappa shape index (κ1) is 24.8. The van der Waals surface area contributed by atoms with Gasteiger partial charge in [-0.05, 0) is 65.9 Å². The van der Waals surface area contributed by atoms with Gasteiger partial charge in [0.25, 0.3) is 5.56 Å². The van der Waals surface area contributed by atoms with Crippen LogP contribution in [0.1, 0.15) is 30.1 Å². The lowest BCUT2D eigenvalue weighted by molar-refractivity contribution is 0.199. The number of para-hydroxylation sites is 1. The smallest absolute Gasteiger partial charge is 0.253 e. The highest BCUT2D eigenvalue weighted by atomic mass is 19.1. The molecule has 0 spiro atoms. The molecule has 3 aromatic heterocycles. The van der Waals surface area contributed by atoms with Crippen molar-refractivity contribution in [3.05, 3.63) is 100 Å². The molecule has 1 aliphatic heterocycles. The van der Waals surface area contributed by atoms with E-state index >= 15 is 0 Å². The highest BCUT2D eigenvalue weighted by Gasteiger charge is 2.33. The maximum atomic E-state index is 14.5. The molecule has 2 aromatic carbocycles. The van der Waals surface area contributed by atoms with Crippen molar-refractivity contribution in [1.82, 2.24) is 30.1 Å². The largest absolute Gasteiger partial charge is 0.494 e. The van der Waals surface area contributed by atoms with Gasteiger partial charge in [0, 0.05) is 42.6 Å². The fourth-order valence-electron chi connectivity index (χ4n) is 5.16. The van der Waals surface area contributed by atoms with E-state index < -0.39 is 6.04 Å². The van der Waals surface area contributed by atoms with E-state index in [0.29, 0.717) is 67.7 Å². The van der Waals surface area contributed by atoms with Crippen LogP contribution in [-0.2, 0) is 6.54 Å². The number of H-pyrrole nitrogens is 1. The lowest BCUT2D eigenvalue weighted by Crippen LogP contribution is -2.49. The minimum Gasteiger partial charge on any atom is -0.494 e. The Bertz CT molecular complexity index is 1620. The first-order chi connectivity index (χ1) is 19.1. The van der Waals surface area contributed by atoms with Crippen LogP contribution in [0.2, 0.25) is 0 Å². The first-order valence-corrected chi connectivity index (χ1v) is 12.9. The number of benzene rings is 2. The Morgan fingerprint density at radius 3 is 2.69 bits per heavy atom. The summed E-state index contributed by atoms with van der Waals surface area (Å²) in [6, 6.07) is 17.4. The van der Waals surface area contributed by atoms with Crippen LogP contribution in [0.15, 0.2) is 76.1 Å². The molecule has 0 amide bonds. The molecule has 1 aliphatic rings. The number of ether oxygens (including phenoxy) is 1. The van der Waals surface area contributed by atoms with Crippen LogP contribution in [-0.4, -0.2) is 62.9 Å². The summed E-state index contributed by atoms with van der Waals surface area (Å²) in [6.07, 6.45) is 1.60. The second-order valence-corrected chi connectivity index (χ2v) is 9.39. The maximum absolute atomic E-state index is 14.5. The van der Waals surface area contributed by atoms with Crippen LogP contribution in [0.5, 0.6) is 5.75 Å². The van der Waals surface area contributed by atoms with Crippen molar-refractivity contribution in [3.63, 3.8) is 0 Å². The van der Waals surface area contributed by atoms with Gasteiger partial charge in [-0.2, -0.15) is 0 Å². The summed E-state index contributed by atoms with van der Waals surface area (Å²) < 4.78 is 27.4. The molecule has 1 N–H and O–H groups in total. The monoisotopic (exact) mass is 529 g/mol. The van der Waals surface area contributed by atoms with E-state index in [1.807, 2.05) is 54.3 Å². The van der Waals surface area contributed by atoms with E-state index in [-0.39, 0.29) is 11.4 Å². The number of hydrogen-bond donors (Lipinski definition) is 1. The third-order valence-electron chi connectivity index (χ3n) is 7.01. The van der Waals surface area contributed by atoms with Crippen LogP contribution < -0.4 is 15.2 Å². The van der Waals surface area contributed by atoms with Gasteiger partial charge in [-0.15, -0.1) is 5.10 Å². The molecule has 1 saturated heterocycles. The predicted molar refractivity (Wildman–Crippen MR) is 143 cm³/mol. The summed E-state index contributed by atoms with van der Waals surface area (Å²) in [5.74, 6) is 1.69. The van der Waals surface area contributed by atoms with E-state index in [0.717, 1.165) is 11.1 Å². The number of hydrogen-bond acceptors (Lipinski definition) is 8. The van der Waals surface area contributed by atoms with Gasteiger partial charge in [0.2, 0.25) is 0 Å². The maximum Gasteiger partial charge on any atom is 0.253 e. The van der Waals surface area contributed by atoms with Crippen molar-refractivity contribution < 1.29 is 13.5 Å². The number of nitrogens with zero attached hydrogens (tertiary/aromatic N) is 6. The molecule has 0 aliphatic carbocycles. The zero-order chi connectivity index (χ0) is 26.8. The van der Waals surface area contributed by atoms with E-state index in [9.17, 15) is 9.18 Å². The van der Waals surface area contributed by atoms with Crippen molar-refractivity contribution in [1.29, 1.82) is 0 Å². The molecule has 1 unspecified atom stereocenters. The fourth-order valence-corrected chi connectivity index (χ4v) is 5.16. The molecule has 1 fully saturated rings. The van der Waals surface area contributed by atoms with Crippen molar-refractivity contribution in [2.45, 2.75) is 19.5 Å². The second-order valence-electron chi connectivity index (χ2n) is 9.39. The molecule has 4 heterocycles. The van der Waals surface area contributed by atoms with Gasteiger partial charge >= 0.3 is 0 Å². The van der Waals surface area contributed by atoms with Gasteiger partial charge in [-0.3, -0.25) is 9.69 Å². The normalized spacial score (nSPS) is 15.1. The number of aromatic nitrogens is 5. The van der Waals surface area contributed by atoms with Crippen LogP contribution >= 0.6 is 0 Å². The number of nitrogens with one attached hydrogen (secondary N) is 1. The van der Waals surface area contributed by atoms with E-state index in [2.05, 4.69) is 25.4 Å². The third-order valence-corrected chi connectivity index (χ3v) is 7.01. The molecular formula is C28H28FN7O3. The van der Waals surface area contributed by atoms with E-state index in [4.69, 9.17) is 9.15 Å². The molecule has 1 atom stereocenters. The Labute approximate surface area is 223 Å². The molecule has 10 nitrogen and oxygen atoms in total. The lowest BCUT2D eigenvalue weighted by Gasteiger charge is -2.39. The summed E-state index contributed by atoms with van der Waals surface area (Å²) >= 11 is 0. The van der Waals surface area contributed by atoms with Gasteiger partial charge < -0.3 is 19.0 Å². The Balaban J connectivity index is 1.39. The number of rotatable bonds is 8. The summed E-state index contributed by atoms with van der Waals surface area (Å²) in [4.78, 5) is 20.7. The Morgan fingerprint density at radius 1 is 1.08 bits per heavy atom. The number of halogens is 1. The molecule has 0 saturated carbocycles. The summed E-state index contributed by atoms with van der Waals surface area (Å²) in [6.45, 7) is 5.10. The minimum absolute atomic E-state index is 0.222. The average molecular weight is 530 g/mol. The number of piperazine rings is 1. The van der Waals surface area contributed by atoms with E-state index in [1.165, 1.54) is 6.07 Å². The molecule has 0 bridgehead atoms. The van der Waals surface area contributed by atoms with Gasteiger partial charge in [-0.25, -0.2) is 9.07 Å². The topological polar surface area (TPSA) is 105 Å². The molecule has 6 rings (SSSR count). The Kier molecular flexibility index (Phi) is 6.80. The summed E-state index contributed by atoms with van der Waals surface area (Å²) in [7, 11) is 0. The SMILES string of the molecule is CCOc1ccc2[nH]c(=O)c(C(c3nnnn3Cc3ccco3)N3CCN(c4ccccc4F)CC3)cc2c1. The Morgan fingerprint density at radius 2 is 1.92 bits per heavy atom. The fraction of sp³-hybridized carbons (Fsp3) is 0.286. The number of tetrazole rings is 1. The van der Waals surface area contributed by atoms with Gasteiger partial charge in [0.1, 0.15) is 29.9 Å². The van der Waals surface area contributed by atoms with Gasteiger partial charge in [0.15, 0.2) is 5.82 Å². The highest BCUT2D eigenvalue weighted by Crippen LogP contribution is 2.30. The van der Waals surface area contributed by atoms with Crippen molar-refractivity contribution in [2.24, 2.45) is 0 Å². The average Bonchev–Trinajstić information content (AvgIpc) is 3.63. The van der Waals surface area contributed by atoms with Gasteiger partial charge in [0.05, 0.1) is 18.6 Å². The lowest BCUT2D eigenvalue weighted by atomic mass is 10.0. The number of aromatic amines is 1. The zero-order valence-electron chi connectivity index (χ0n) is 21.5. The molecule has 200 valence electrons. The summed E-state index contributed by atoms with van der Waals surface area (Å²) in [5.41, 5.74) is 1.58. The van der Waals surface area contributed by atoms with E-state index in [1.54, 1.807) is 23.1 Å². The highest BCUT2D eigenvalue weighted by molar-refractivity contribution is 5.80. The number of furan rings is 1. The number of pyridine rings is 1. The molecular weight excluding hydrogens is 501 g/mol. The molecule has 11 heteroatoms. The summed E-state index contributed by atoms with van der Waals surface area (Å²) in [5, 5.41) is 13.4. The van der Waals surface area contributed by atoms with Crippen LogP contribution in [0.25, 0.3) is 10.9 Å². The molecule has 0 radical (unpaired) electrons. The van der Waals surface area contributed by atoms with Crippen molar-refractivity contribution in [2.75, 3.05) is 37.7 Å². The predicted octanol–water partition coefficient (Wildman–Crippen LogP) is 3.61. The van der Waals surface area contributed by atoms with Crippen molar-refractivity contribution in [3.8, 4) is 5.75 Å². The standard InChI is InChI=1S/C28H28FN7O3/c1-2-38-20-9-10-24-19(16-20)17-22(28(37)30-24)26(27-31-32-33-36(27)18-21-6-5-15-39-21)35-13-11-34(12-14-35)25-8-4-3-7-23(25)29/h3-10,15-17,26H,2,11-14,18H2,1H3,(H,30,37). The zero-order valence-corrected chi connectivity index (χ0v) is 21.5. The van der Waals surface area contributed by atoms with Crippen molar-refractivity contribution >= 4 is 16.6 Å². The number of anilines is 1. The van der Waals surface area contributed by atoms with Crippen LogP contribution in [0.3, 0.4) is 0 Å². The minimum atomic E-state index is -0.540.